The van der Waals surface area contributed by atoms with Crippen molar-refractivity contribution in [1.29, 1.82) is 0 Å². The smallest absolute Gasteiger partial charge is 0.332 e. The van der Waals surface area contributed by atoms with E-state index < -0.39 is 5.69 Å². The molecule has 1 unspecified atom stereocenters. The average molecular weight is 436 g/mol. The van der Waals surface area contributed by atoms with Crippen LogP contribution >= 0.6 is 0 Å². The molecular weight excluding hydrogens is 406 g/mol. The summed E-state index contributed by atoms with van der Waals surface area (Å²) in [5.41, 5.74) is 1.27. The number of fused-ring (bicyclic) bond motifs is 1. The van der Waals surface area contributed by atoms with Gasteiger partial charge < -0.3 is 9.80 Å². The fourth-order valence-corrected chi connectivity index (χ4v) is 4.37. The van der Waals surface area contributed by atoms with Crippen LogP contribution in [0.1, 0.15) is 36.6 Å². The van der Waals surface area contributed by atoms with Crippen LogP contribution in [0.5, 0.6) is 0 Å². The van der Waals surface area contributed by atoms with Gasteiger partial charge in [-0.05, 0) is 51.1 Å². The molecule has 0 N–H and O–H groups in total. The second-order valence-electron chi connectivity index (χ2n) is 8.66. The van der Waals surface area contributed by atoms with E-state index in [0.717, 1.165) is 35.1 Å². The predicted octanol–water partition coefficient (Wildman–Crippen LogP) is 1.76. The summed E-state index contributed by atoms with van der Waals surface area (Å²) in [4.78, 5) is 47.2. The van der Waals surface area contributed by atoms with Crippen LogP contribution in [0, 0.1) is 0 Å². The van der Waals surface area contributed by atoms with E-state index in [-0.39, 0.29) is 17.5 Å². The van der Waals surface area contributed by atoms with Gasteiger partial charge in [0, 0.05) is 13.6 Å². The summed E-state index contributed by atoms with van der Waals surface area (Å²) in [5.74, 6) is 0.0623. The highest BCUT2D eigenvalue weighted by atomic mass is 16.2. The van der Waals surface area contributed by atoms with E-state index in [1.807, 2.05) is 60.3 Å². The Morgan fingerprint density at radius 1 is 1.09 bits per heavy atom. The molecule has 1 saturated heterocycles. The highest BCUT2D eigenvalue weighted by Crippen LogP contribution is 2.30. The zero-order valence-corrected chi connectivity index (χ0v) is 18.8. The fourth-order valence-electron chi connectivity index (χ4n) is 4.37. The summed E-state index contributed by atoms with van der Waals surface area (Å²) in [6.07, 6.45) is 2.78. The Morgan fingerprint density at radius 2 is 1.84 bits per heavy atom. The minimum atomic E-state index is -0.403. The Hall–Kier alpha value is -3.26. The van der Waals surface area contributed by atoms with Gasteiger partial charge in [-0.2, -0.15) is 0 Å². The molecule has 0 aliphatic carbocycles. The molecule has 4 rings (SSSR count). The number of hydrogen-bond acceptors (Lipinski definition) is 5. The number of carbonyl (C=O) groups is 1. The van der Waals surface area contributed by atoms with Crippen molar-refractivity contribution >= 4 is 16.9 Å². The van der Waals surface area contributed by atoms with Gasteiger partial charge in [0.2, 0.25) is 5.91 Å². The average Bonchev–Trinajstić information content (AvgIpc) is 2.80. The van der Waals surface area contributed by atoms with Crippen molar-refractivity contribution in [2.75, 3.05) is 27.2 Å². The molecule has 1 amide bonds. The number of piperidine rings is 1. The summed E-state index contributed by atoms with van der Waals surface area (Å²) in [6, 6.07) is 13.0. The summed E-state index contributed by atoms with van der Waals surface area (Å²) >= 11 is 0. The molecule has 1 aliphatic rings. The van der Waals surface area contributed by atoms with E-state index in [1.165, 1.54) is 7.05 Å². The van der Waals surface area contributed by atoms with Gasteiger partial charge >= 0.3 is 5.69 Å². The predicted molar refractivity (Wildman–Crippen MR) is 124 cm³/mol. The van der Waals surface area contributed by atoms with Gasteiger partial charge in [0.25, 0.3) is 5.56 Å². The maximum absolute atomic E-state index is 13.0. The number of likely N-dealkylation sites (tertiary alicyclic amines) is 1. The van der Waals surface area contributed by atoms with Crippen molar-refractivity contribution in [3.63, 3.8) is 0 Å². The van der Waals surface area contributed by atoms with Crippen LogP contribution in [0.15, 0.2) is 52.1 Å². The first-order valence-electron chi connectivity index (χ1n) is 11.0. The minimum Gasteiger partial charge on any atom is -0.333 e. The molecule has 168 valence electrons. The Labute approximate surface area is 186 Å². The van der Waals surface area contributed by atoms with Gasteiger partial charge in [-0.3, -0.25) is 18.7 Å². The monoisotopic (exact) mass is 435 g/mol. The van der Waals surface area contributed by atoms with Crippen molar-refractivity contribution in [2.45, 2.75) is 31.8 Å². The Kier molecular flexibility index (Phi) is 6.23. The summed E-state index contributed by atoms with van der Waals surface area (Å²) < 4.78 is 2.67. The molecule has 1 atom stereocenters. The molecule has 8 nitrogen and oxygen atoms in total. The molecular formula is C24H29N5O3. The lowest BCUT2D eigenvalue weighted by Crippen LogP contribution is -2.43. The molecule has 3 aromatic rings. The zero-order valence-electron chi connectivity index (χ0n) is 18.8. The highest BCUT2D eigenvalue weighted by molar-refractivity contribution is 5.79. The topological polar surface area (TPSA) is 80.4 Å². The second kappa shape index (κ2) is 9.08. The highest BCUT2D eigenvalue weighted by Gasteiger charge is 2.29. The molecule has 3 heterocycles. The van der Waals surface area contributed by atoms with E-state index in [2.05, 4.69) is 0 Å². The summed E-state index contributed by atoms with van der Waals surface area (Å²) in [6.45, 7) is 1.34. The molecule has 0 spiro atoms. The Morgan fingerprint density at radius 3 is 2.56 bits per heavy atom. The van der Waals surface area contributed by atoms with E-state index in [9.17, 15) is 14.4 Å². The largest absolute Gasteiger partial charge is 0.333 e. The van der Waals surface area contributed by atoms with Gasteiger partial charge in [-0.1, -0.05) is 30.3 Å². The standard InChI is InChI=1S/C24H29N5O3/c1-26(2)16-21(30)28-14-8-7-11-20(28)19-13-12-18-22(25-19)29(24(32)27(3)23(18)31)15-17-9-5-4-6-10-17/h4-6,9-10,12-13,20H,7-8,11,14-16H2,1-3H3. The SMILES string of the molecule is CN(C)CC(=O)N1CCCCC1c1ccc2c(=O)n(C)c(=O)n(Cc3ccccc3)c2n1. The third kappa shape index (κ3) is 4.23. The van der Waals surface area contributed by atoms with E-state index in [1.54, 1.807) is 10.6 Å². The van der Waals surface area contributed by atoms with Crippen LogP contribution in [0.25, 0.3) is 11.0 Å². The second-order valence-corrected chi connectivity index (χ2v) is 8.66. The van der Waals surface area contributed by atoms with Crippen LogP contribution in [0.2, 0.25) is 0 Å². The van der Waals surface area contributed by atoms with E-state index >= 15 is 0 Å². The molecule has 0 bridgehead atoms. The Balaban J connectivity index is 1.82. The first-order chi connectivity index (χ1) is 15.4. The number of aromatic nitrogens is 3. The van der Waals surface area contributed by atoms with Gasteiger partial charge in [0.15, 0.2) is 0 Å². The summed E-state index contributed by atoms with van der Waals surface area (Å²) in [7, 11) is 5.24. The van der Waals surface area contributed by atoms with Crippen molar-refractivity contribution in [1.82, 2.24) is 23.9 Å². The fraction of sp³-hybridized carbons (Fsp3) is 0.417. The molecule has 32 heavy (non-hydrogen) atoms. The number of benzene rings is 1. The van der Waals surface area contributed by atoms with Crippen LogP contribution in [-0.4, -0.2) is 57.0 Å². The molecule has 1 aromatic carbocycles. The number of nitrogens with zero attached hydrogens (tertiary/aromatic N) is 5. The third-order valence-electron chi connectivity index (χ3n) is 6.00. The maximum Gasteiger partial charge on any atom is 0.332 e. The van der Waals surface area contributed by atoms with Gasteiger partial charge in [0.05, 0.1) is 30.2 Å². The van der Waals surface area contributed by atoms with Crippen LogP contribution in [-0.2, 0) is 18.4 Å². The van der Waals surface area contributed by atoms with Gasteiger partial charge in [-0.15, -0.1) is 0 Å². The first-order valence-corrected chi connectivity index (χ1v) is 11.0. The number of likely N-dealkylation sites (N-methyl/N-ethyl adjacent to an activating group) is 1. The lowest BCUT2D eigenvalue weighted by atomic mass is 9.98. The van der Waals surface area contributed by atoms with Gasteiger partial charge in [-0.25, -0.2) is 9.78 Å². The van der Waals surface area contributed by atoms with Gasteiger partial charge in [0.1, 0.15) is 5.65 Å². The van der Waals surface area contributed by atoms with E-state index in [0.29, 0.717) is 30.7 Å². The van der Waals surface area contributed by atoms with E-state index in [4.69, 9.17) is 4.98 Å². The quantitative estimate of drug-likeness (QED) is 0.610. The van der Waals surface area contributed by atoms with Crippen molar-refractivity contribution in [2.24, 2.45) is 7.05 Å². The number of amides is 1. The van der Waals surface area contributed by atoms with Crippen molar-refractivity contribution in [3.05, 3.63) is 74.6 Å². The molecule has 1 fully saturated rings. The molecule has 0 radical (unpaired) electrons. The van der Waals surface area contributed by atoms with Crippen LogP contribution in [0.3, 0.4) is 0 Å². The number of hydrogen-bond donors (Lipinski definition) is 0. The molecule has 2 aromatic heterocycles. The Bertz CT molecular complexity index is 1250. The molecule has 0 saturated carbocycles. The molecule has 8 heteroatoms. The van der Waals surface area contributed by atoms with Crippen molar-refractivity contribution < 1.29 is 4.79 Å². The zero-order chi connectivity index (χ0) is 22.8. The first kappa shape index (κ1) is 22.0. The number of pyridine rings is 1. The van der Waals surface area contributed by atoms with Crippen LogP contribution < -0.4 is 11.2 Å². The normalized spacial score (nSPS) is 16.6. The lowest BCUT2D eigenvalue weighted by Gasteiger charge is -2.36. The molecule has 1 aliphatic heterocycles. The lowest BCUT2D eigenvalue weighted by molar-refractivity contribution is -0.135. The number of carbonyl (C=O) groups excluding carboxylic acids is 1. The number of rotatable bonds is 5. The van der Waals surface area contributed by atoms with Crippen LogP contribution in [0.4, 0.5) is 0 Å². The van der Waals surface area contributed by atoms with Crippen molar-refractivity contribution in [3.8, 4) is 0 Å². The minimum absolute atomic E-state index is 0.0623. The third-order valence-corrected chi connectivity index (χ3v) is 6.00. The summed E-state index contributed by atoms with van der Waals surface area (Å²) in [5, 5.41) is 0.397. The maximum atomic E-state index is 13.0.